The molecule has 0 saturated heterocycles. The van der Waals surface area contributed by atoms with Gasteiger partial charge in [0, 0.05) is 132 Å². The Hall–Kier alpha value is -7.76. The molecule has 0 heterocycles. The molecule has 8 saturated carbocycles. The summed E-state index contributed by atoms with van der Waals surface area (Å²) < 4.78 is 19.3. The highest BCUT2D eigenvalue weighted by Gasteiger charge is 2.84. The van der Waals surface area contributed by atoms with E-state index in [4.69, 9.17) is 28.7 Å². The van der Waals surface area contributed by atoms with Crippen molar-refractivity contribution in [3.05, 3.63) is 283 Å². The maximum atomic E-state index is 14.0. The molecule has 10 aromatic rings. The van der Waals surface area contributed by atoms with Crippen molar-refractivity contribution in [2.75, 3.05) is 14.2 Å². The van der Waals surface area contributed by atoms with Crippen LogP contribution < -0.4 is 0 Å². The molecule has 0 spiro atoms. The van der Waals surface area contributed by atoms with Gasteiger partial charge in [-0.3, -0.25) is 38.4 Å². The zero-order valence-corrected chi connectivity index (χ0v) is 86.9. The first-order valence-corrected chi connectivity index (χ1v) is 51.7. The fourth-order valence-electron chi connectivity index (χ4n) is 27.9. The molecule has 23 heteroatoms. The third kappa shape index (κ3) is 14.6. The summed E-state index contributed by atoms with van der Waals surface area (Å²) in [5.74, 6) is -6.56. The molecule has 0 aliphatic heterocycles. The van der Waals surface area contributed by atoms with Gasteiger partial charge in [0.1, 0.15) is 23.4 Å². The Bertz CT molecular complexity index is 6290. The Morgan fingerprint density at radius 3 is 0.847 bits per heavy atom. The number of rotatable bonds is 7. The molecule has 0 radical (unpaired) electrons. The maximum Gasteiger partial charge on any atom is 0.373 e. The monoisotopic (exact) mass is 2320 g/mol. The molecule has 8 fully saturated rings. The van der Waals surface area contributed by atoms with Gasteiger partial charge < -0.3 is 9.47 Å². The van der Waals surface area contributed by atoms with E-state index in [1.165, 1.54) is 170 Å². The van der Waals surface area contributed by atoms with Crippen LogP contribution in [0.3, 0.4) is 0 Å². The number of fused-ring (bicyclic) bond motifs is 15. The van der Waals surface area contributed by atoms with E-state index in [0.717, 1.165) is 65.8 Å². The quantitative estimate of drug-likeness (QED) is 0.0626. The molecular weight excluding hydrogens is 2240 g/mol. The highest BCUT2D eigenvalue weighted by molar-refractivity contribution is 9.12. The average Bonchev–Trinajstić information content (AvgIpc) is 1.46. The van der Waals surface area contributed by atoms with Crippen molar-refractivity contribution in [2.24, 2.45) is 23.7 Å². The normalized spacial score (nSPS) is 27.0. The van der Waals surface area contributed by atoms with Gasteiger partial charge in [-0.2, -0.15) is 19.2 Å². The van der Waals surface area contributed by atoms with Crippen LogP contribution in [-0.2, 0) is 107 Å². The van der Waals surface area contributed by atoms with Crippen molar-refractivity contribution < 1.29 is 67.0 Å². The van der Waals surface area contributed by atoms with Crippen molar-refractivity contribution in [3.8, 4) is 55.6 Å². The summed E-state index contributed by atoms with van der Waals surface area (Å²) in [4.78, 5) is 136. The number of unbranched alkanes of at least 4 members (excludes halogenated alkanes) is 3. The number of ether oxygens (including phenoxy) is 2. The van der Waals surface area contributed by atoms with Gasteiger partial charge in [-0.25, -0.2) is 0 Å². The second-order valence-electron chi connectivity index (χ2n) is 37.3. The summed E-state index contributed by atoms with van der Waals surface area (Å²) in [6, 6.07) is 63.2. The lowest BCUT2D eigenvalue weighted by Gasteiger charge is -2.52. The minimum atomic E-state index is -1.48. The summed E-state index contributed by atoms with van der Waals surface area (Å²) in [6.07, 6.45) is 25.7. The van der Waals surface area contributed by atoms with E-state index >= 15 is 0 Å². The maximum absolute atomic E-state index is 14.0. The van der Waals surface area contributed by atoms with Crippen LogP contribution in [0.4, 0.5) is 0 Å². The van der Waals surface area contributed by atoms with Crippen LogP contribution in [0.1, 0.15) is 220 Å². The van der Waals surface area contributed by atoms with Gasteiger partial charge in [-0.15, -0.1) is 0 Å². The van der Waals surface area contributed by atoms with E-state index in [0.29, 0.717) is 64.0 Å². The summed E-state index contributed by atoms with van der Waals surface area (Å²) in [5.41, 5.74) is 22.7. The lowest BCUT2D eigenvalue weighted by Crippen LogP contribution is -2.57. The van der Waals surface area contributed by atoms with Crippen LogP contribution >= 0.6 is 143 Å². The third-order valence-corrected chi connectivity index (χ3v) is 36.6. The number of carbonyl (C=O) groups is 8. The topological polar surface area (TPSA) is 223 Å². The number of hydrogen-bond donors (Lipinski definition) is 0. The molecule has 6 atom stereocenters. The molecule has 13 aliphatic carbocycles. The van der Waals surface area contributed by atoms with Gasteiger partial charge in [0.15, 0.2) is 11.6 Å². The summed E-state index contributed by atoms with van der Waals surface area (Å²) in [5, 5.41) is 0. The second-order valence-corrected chi connectivity index (χ2v) is 45.6. The van der Waals surface area contributed by atoms with E-state index in [9.17, 15) is 38.4 Å². The SMILES string of the molecule is Brc1ccc2c(c1)-c1cc(Br)ccc1C13CCCC21CCC3.CCCCCCc1ccc2c(c1)-c1cc(Br)ccc1C13CCCC21CCC3.COC(=O)C1C(=O)C(C)C23c4ccc(Br)cc4-c4cc(Br)ccc4C12C(C(=O)OC)C(=O)[C@@H]3C.O=C1C(=O)c2ccc(Br)cc2-c2cc(Br)ccc21.O=C1CC23CC(=O)CC2(C1)c1ccc(Br)cc1-c1cc(Br)ccc13.O=C=O.O=C=O. The predicted octanol–water partition coefficient (Wildman–Crippen LogP) is 27.4. The first kappa shape index (κ1) is 95.0. The molecule has 0 bridgehead atoms. The Labute approximate surface area is 836 Å². The summed E-state index contributed by atoms with van der Waals surface area (Å²) in [7, 11) is 2.45. The zero-order chi connectivity index (χ0) is 93.1. The minimum Gasteiger partial charge on any atom is -0.468 e. The summed E-state index contributed by atoms with van der Waals surface area (Å²) in [6.45, 7) is 5.82. The standard InChI is InChI=1S/C26H22Br2O6.C26H31Br.C20H14Br2O2.C20H18Br2.C14H6Br2O2.2CO2/c1-11-21(29)19(23(31)33-3)26-18-8-6-14(28)10-16(18)15-9-13(27)5-7-17(15)25(11,26)12(2)22(30)20(26)24(32)34-4;1-2-3-4-5-8-19-9-11-23-21(17-19)22-18-20(27)10-12-24(22)26-15-6-13-25(23,26)14-7-16-26;21-11-1-3-17-15(5-11)16-6-12(22)2-4-18(16)20-9-13(23)7-19(17,20)8-14(24)10-20;21-13-3-5-17-15(11-13)16-12-14(22)4-6-18(16)20-8-1-7-19(17,20)9-2-10-20;15-7-1-3-9-11(5-7)12-6-8(16)2-4-10(12)14(18)13(9)17;2*2-1-3/h5-12,19-20H,1-4H3;9-12,17-18H,2-8,13-16H2,1H3;1-6H,7-10H2;3-6,11-12H,1-2,7-10H2;1-6H;;/t11-,12?,19?,20?,25?,26?;;;;;;/m0....../s1. The van der Waals surface area contributed by atoms with Gasteiger partial charge in [0.2, 0.25) is 11.6 Å². The van der Waals surface area contributed by atoms with E-state index < -0.39 is 58.0 Å². The number of Topliss-reactive ketones (excluding diaryl/α,β-unsaturated/α-hetero) is 6. The van der Waals surface area contributed by atoms with Gasteiger partial charge >= 0.3 is 24.2 Å². The minimum absolute atomic E-state index is 0.250. The van der Waals surface area contributed by atoms with E-state index in [1.54, 1.807) is 65.9 Å². The molecule has 0 N–H and O–H groups in total. The fraction of sp³-hybridized carbons (Fsp3) is 0.352. The Kier molecular flexibility index (Phi) is 26.6. The predicted molar refractivity (Wildman–Crippen MR) is 532 cm³/mol. The average molecular weight is 2330 g/mol. The Balaban J connectivity index is 0.000000114. The van der Waals surface area contributed by atoms with Crippen LogP contribution in [-0.4, -0.2) is 73.2 Å². The molecule has 131 heavy (non-hydrogen) atoms. The van der Waals surface area contributed by atoms with Crippen LogP contribution in [0.2, 0.25) is 0 Å². The number of benzene rings is 10. The molecule has 0 aromatic heterocycles. The van der Waals surface area contributed by atoms with E-state index in [-0.39, 0.29) is 46.3 Å². The van der Waals surface area contributed by atoms with E-state index in [1.807, 2.05) is 60.7 Å². The molecule has 0 amide bonds. The Morgan fingerprint density at radius 2 is 0.557 bits per heavy atom. The van der Waals surface area contributed by atoms with Crippen molar-refractivity contribution in [2.45, 2.75) is 199 Å². The van der Waals surface area contributed by atoms with Crippen molar-refractivity contribution >= 4 is 202 Å². The van der Waals surface area contributed by atoms with Gasteiger partial charge in [-0.05, 0) is 291 Å². The van der Waals surface area contributed by atoms with Crippen LogP contribution in [0.5, 0.6) is 0 Å². The highest BCUT2D eigenvalue weighted by atomic mass is 79.9. The lowest BCUT2D eigenvalue weighted by atomic mass is 9.48. The number of carbonyl (C=O) groups excluding carboxylic acids is 12. The molecule has 13 aliphatic rings. The van der Waals surface area contributed by atoms with Crippen molar-refractivity contribution in [1.82, 2.24) is 0 Å². The number of ketones is 6. The van der Waals surface area contributed by atoms with Crippen LogP contribution in [0.25, 0.3) is 55.6 Å². The van der Waals surface area contributed by atoms with E-state index in [2.05, 4.69) is 247 Å². The fourth-order valence-corrected chi connectivity index (χ4v) is 31.2. The van der Waals surface area contributed by atoms with Gasteiger partial charge in [-0.1, -0.05) is 270 Å². The van der Waals surface area contributed by atoms with Crippen molar-refractivity contribution in [3.63, 3.8) is 0 Å². The number of halogens is 9. The number of methoxy groups -OCH3 is 2. The second kappa shape index (κ2) is 36.7. The molecule has 10 aromatic carbocycles. The molecule has 670 valence electrons. The first-order chi connectivity index (χ1) is 62.8. The molecule has 5 unspecified atom stereocenters. The number of esters is 2. The molecule has 23 rings (SSSR count). The van der Waals surface area contributed by atoms with Gasteiger partial charge in [0.05, 0.1) is 14.2 Å². The smallest absolute Gasteiger partial charge is 0.373 e. The largest absolute Gasteiger partial charge is 0.468 e. The number of aryl methyl sites for hydroxylation is 1. The highest BCUT2D eigenvalue weighted by Crippen LogP contribution is 2.77. The third-order valence-electron chi connectivity index (χ3n) is 32.2. The first-order valence-electron chi connectivity index (χ1n) is 44.5. The van der Waals surface area contributed by atoms with Gasteiger partial charge in [0.25, 0.3) is 0 Å². The lowest BCUT2D eigenvalue weighted by molar-refractivity contribution is -0.193. The Morgan fingerprint density at radius 1 is 0.313 bits per heavy atom. The zero-order valence-electron chi connectivity index (χ0n) is 72.6. The van der Waals surface area contributed by atoms with Crippen LogP contribution in [0, 0.1) is 23.7 Å². The molecular formula is C108H91Br9O14. The summed E-state index contributed by atoms with van der Waals surface area (Å²) >= 11 is 32.2. The van der Waals surface area contributed by atoms with Crippen molar-refractivity contribution in [1.29, 1.82) is 0 Å². The molecule has 14 nitrogen and oxygen atoms in total. The van der Waals surface area contributed by atoms with Crippen LogP contribution in [0.15, 0.2) is 222 Å². The number of hydrogen-bond acceptors (Lipinski definition) is 14.